The van der Waals surface area contributed by atoms with Gasteiger partial charge in [0.15, 0.2) is 5.76 Å². The third-order valence-corrected chi connectivity index (χ3v) is 5.51. The lowest BCUT2D eigenvalue weighted by molar-refractivity contribution is 0.0924. The van der Waals surface area contributed by atoms with Gasteiger partial charge in [0.25, 0.3) is 5.91 Å². The summed E-state index contributed by atoms with van der Waals surface area (Å²) >= 11 is 0. The molecule has 5 heteroatoms. The van der Waals surface area contributed by atoms with Crippen LogP contribution in [0.15, 0.2) is 76.0 Å². The molecule has 1 aromatic heterocycles. The maximum atomic E-state index is 12.4. The van der Waals surface area contributed by atoms with Gasteiger partial charge in [-0.05, 0) is 55.2 Å². The first kappa shape index (κ1) is 19.1. The van der Waals surface area contributed by atoms with E-state index in [-0.39, 0.29) is 17.4 Å². The summed E-state index contributed by atoms with van der Waals surface area (Å²) in [4.78, 5) is 13.0. The molecule has 0 fully saturated rings. The maximum Gasteiger partial charge on any atom is 0.286 e. The molecule has 0 saturated heterocycles. The number of nitrogens with one attached hydrogen (secondary N) is 1. The van der Waals surface area contributed by atoms with Crippen LogP contribution in [0.25, 0.3) is 0 Å². The van der Waals surface area contributed by atoms with Crippen LogP contribution >= 0.6 is 0 Å². The van der Waals surface area contributed by atoms with Crippen molar-refractivity contribution in [1.82, 2.24) is 5.32 Å². The SMILES string of the molecule is Cc1cccc(S(=O)Cc2ccc(C(=O)NCCCc3ccccc3)o2)c1. The minimum absolute atomic E-state index is 0.240. The summed E-state index contributed by atoms with van der Waals surface area (Å²) in [5.74, 6) is 0.816. The van der Waals surface area contributed by atoms with Crippen LogP contribution < -0.4 is 5.32 Å². The number of benzene rings is 2. The van der Waals surface area contributed by atoms with Gasteiger partial charge >= 0.3 is 0 Å². The summed E-state index contributed by atoms with van der Waals surface area (Å²) in [7, 11) is -1.20. The zero-order valence-corrected chi connectivity index (χ0v) is 16.1. The molecule has 4 nitrogen and oxygen atoms in total. The average molecular weight is 381 g/mol. The van der Waals surface area contributed by atoms with Crippen LogP contribution in [0.5, 0.6) is 0 Å². The Morgan fingerprint density at radius 3 is 2.63 bits per heavy atom. The fourth-order valence-corrected chi connectivity index (χ4v) is 3.90. The Balaban J connectivity index is 1.48. The number of hydrogen-bond donors (Lipinski definition) is 1. The Kier molecular flexibility index (Phi) is 6.60. The molecule has 140 valence electrons. The summed E-state index contributed by atoms with van der Waals surface area (Å²) in [5, 5.41) is 2.87. The van der Waals surface area contributed by atoms with Crippen LogP contribution in [0.1, 0.15) is 33.9 Å². The van der Waals surface area contributed by atoms with Crippen LogP contribution in [-0.4, -0.2) is 16.7 Å². The highest BCUT2D eigenvalue weighted by atomic mass is 32.2. The Hall–Kier alpha value is -2.66. The molecule has 1 N–H and O–H groups in total. The van der Waals surface area contributed by atoms with Crippen LogP contribution in [-0.2, 0) is 23.0 Å². The summed E-state index contributed by atoms with van der Waals surface area (Å²) in [6.07, 6.45) is 1.78. The Morgan fingerprint density at radius 2 is 1.85 bits per heavy atom. The number of aryl methyl sites for hydroxylation is 2. The highest BCUT2D eigenvalue weighted by molar-refractivity contribution is 7.84. The third-order valence-electron chi connectivity index (χ3n) is 4.18. The molecule has 0 radical (unpaired) electrons. The topological polar surface area (TPSA) is 59.3 Å². The lowest BCUT2D eigenvalue weighted by Crippen LogP contribution is -2.24. The zero-order valence-electron chi connectivity index (χ0n) is 15.3. The van der Waals surface area contributed by atoms with E-state index in [1.165, 1.54) is 5.56 Å². The first-order valence-corrected chi connectivity index (χ1v) is 10.3. The number of rotatable bonds is 8. The van der Waals surface area contributed by atoms with Crippen molar-refractivity contribution in [2.75, 3.05) is 6.54 Å². The lowest BCUT2D eigenvalue weighted by atomic mass is 10.1. The van der Waals surface area contributed by atoms with Gasteiger partial charge in [-0.15, -0.1) is 0 Å². The van der Waals surface area contributed by atoms with E-state index in [9.17, 15) is 9.00 Å². The van der Waals surface area contributed by atoms with Crippen LogP contribution in [0, 0.1) is 6.92 Å². The monoisotopic (exact) mass is 381 g/mol. The van der Waals surface area contributed by atoms with Gasteiger partial charge < -0.3 is 9.73 Å². The molecule has 3 aromatic rings. The van der Waals surface area contributed by atoms with Gasteiger partial charge in [0.2, 0.25) is 0 Å². The van der Waals surface area contributed by atoms with E-state index in [4.69, 9.17) is 4.42 Å². The lowest BCUT2D eigenvalue weighted by Gasteiger charge is -2.04. The van der Waals surface area contributed by atoms with Crippen molar-refractivity contribution in [3.63, 3.8) is 0 Å². The minimum Gasteiger partial charge on any atom is -0.455 e. The molecule has 0 bridgehead atoms. The van der Waals surface area contributed by atoms with E-state index in [0.717, 1.165) is 23.3 Å². The molecule has 3 rings (SSSR count). The van der Waals surface area contributed by atoms with Crippen LogP contribution in [0.2, 0.25) is 0 Å². The Bertz CT molecular complexity index is 918. The van der Waals surface area contributed by atoms with E-state index in [1.807, 2.05) is 49.4 Å². The number of carbonyl (C=O) groups is 1. The molecular formula is C22H23NO3S. The van der Waals surface area contributed by atoms with Crippen molar-refractivity contribution in [1.29, 1.82) is 0 Å². The highest BCUT2D eigenvalue weighted by Crippen LogP contribution is 2.16. The summed E-state index contributed by atoms with van der Waals surface area (Å²) in [6.45, 7) is 2.55. The third kappa shape index (κ3) is 5.66. The van der Waals surface area contributed by atoms with E-state index >= 15 is 0 Å². The number of hydrogen-bond acceptors (Lipinski definition) is 3. The predicted molar refractivity (Wildman–Crippen MR) is 107 cm³/mol. The first-order chi connectivity index (χ1) is 13.1. The van der Waals surface area contributed by atoms with E-state index < -0.39 is 10.8 Å². The molecule has 0 aliphatic carbocycles. The van der Waals surface area contributed by atoms with Crippen molar-refractivity contribution in [3.05, 3.63) is 89.4 Å². The molecule has 27 heavy (non-hydrogen) atoms. The standard InChI is InChI=1S/C22H23NO3S/c1-17-7-5-11-20(15-17)27(25)16-19-12-13-21(26-19)22(24)23-14-6-10-18-8-3-2-4-9-18/h2-5,7-9,11-13,15H,6,10,14,16H2,1H3,(H,23,24). The van der Waals surface area contributed by atoms with E-state index in [0.29, 0.717) is 12.3 Å². The van der Waals surface area contributed by atoms with Crippen LogP contribution in [0.3, 0.4) is 0 Å². The molecular weight excluding hydrogens is 358 g/mol. The largest absolute Gasteiger partial charge is 0.455 e. The number of amides is 1. The van der Waals surface area contributed by atoms with E-state index in [2.05, 4.69) is 17.4 Å². The summed E-state index contributed by atoms with van der Waals surface area (Å²) in [5.41, 5.74) is 2.32. The van der Waals surface area contributed by atoms with Crippen molar-refractivity contribution in [3.8, 4) is 0 Å². The quantitative estimate of drug-likeness (QED) is 0.593. The molecule has 1 unspecified atom stereocenters. The second-order valence-electron chi connectivity index (χ2n) is 6.42. The minimum atomic E-state index is -1.20. The summed E-state index contributed by atoms with van der Waals surface area (Å²) < 4.78 is 18.0. The molecule has 1 heterocycles. The normalized spacial score (nSPS) is 11.9. The molecule has 0 aliphatic rings. The first-order valence-electron chi connectivity index (χ1n) is 8.98. The molecule has 0 spiro atoms. The zero-order chi connectivity index (χ0) is 19.1. The van der Waals surface area contributed by atoms with Crippen molar-refractivity contribution in [2.24, 2.45) is 0 Å². The van der Waals surface area contributed by atoms with Gasteiger partial charge in [0, 0.05) is 11.4 Å². The molecule has 2 aromatic carbocycles. The van der Waals surface area contributed by atoms with Crippen molar-refractivity contribution < 1.29 is 13.4 Å². The molecule has 1 amide bonds. The molecule has 0 aliphatic heterocycles. The maximum absolute atomic E-state index is 12.4. The number of furan rings is 1. The van der Waals surface area contributed by atoms with Gasteiger partial charge in [0.05, 0.1) is 16.6 Å². The Morgan fingerprint density at radius 1 is 1.04 bits per heavy atom. The fraction of sp³-hybridized carbons (Fsp3) is 0.227. The predicted octanol–water partition coefficient (Wildman–Crippen LogP) is 4.26. The van der Waals surface area contributed by atoms with Gasteiger partial charge in [-0.25, -0.2) is 0 Å². The Labute approximate surface area is 162 Å². The van der Waals surface area contributed by atoms with Crippen molar-refractivity contribution >= 4 is 16.7 Å². The van der Waals surface area contributed by atoms with Crippen LogP contribution in [0.4, 0.5) is 0 Å². The second kappa shape index (κ2) is 9.33. The molecule has 1 atom stereocenters. The smallest absolute Gasteiger partial charge is 0.286 e. The van der Waals surface area contributed by atoms with Gasteiger partial charge in [-0.3, -0.25) is 9.00 Å². The van der Waals surface area contributed by atoms with Gasteiger partial charge in [0.1, 0.15) is 5.76 Å². The average Bonchev–Trinajstić information content (AvgIpc) is 3.14. The molecule has 0 saturated carbocycles. The number of carbonyl (C=O) groups excluding carboxylic acids is 1. The van der Waals surface area contributed by atoms with Crippen molar-refractivity contribution in [2.45, 2.75) is 30.4 Å². The highest BCUT2D eigenvalue weighted by Gasteiger charge is 2.13. The van der Waals surface area contributed by atoms with Gasteiger partial charge in [-0.1, -0.05) is 42.5 Å². The van der Waals surface area contributed by atoms with Gasteiger partial charge in [-0.2, -0.15) is 0 Å². The summed E-state index contributed by atoms with van der Waals surface area (Å²) in [6, 6.07) is 21.1. The fourth-order valence-electron chi connectivity index (χ4n) is 2.77. The van der Waals surface area contributed by atoms with E-state index in [1.54, 1.807) is 12.1 Å². The second-order valence-corrected chi connectivity index (χ2v) is 7.87.